The Morgan fingerprint density at radius 1 is 1.15 bits per heavy atom. The van der Waals surface area contributed by atoms with Crippen LogP contribution in [0.1, 0.15) is 5.01 Å². The average Bonchev–Trinajstić information content (AvgIpc) is 2.73. The normalized spacial score (nSPS) is 13.3. The lowest BCUT2D eigenvalue weighted by Crippen LogP contribution is -2.50. The van der Waals surface area contributed by atoms with E-state index in [1.807, 2.05) is 0 Å². The molecule has 0 spiro atoms. The monoisotopic (exact) mass is 328 g/mol. The largest absolute Gasteiger partial charge is 0.479 e. The van der Waals surface area contributed by atoms with E-state index in [1.54, 1.807) is 0 Å². The first kappa shape index (κ1) is 16.4. The molecule has 1 heterocycles. The van der Waals surface area contributed by atoms with Gasteiger partial charge in [-0.3, -0.25) is 0 Å². The van der Waals surface area contributed by atoms with Crippen molar-refractivity contribution in [2.45, 2.75) is 18.0 Å². The number of hydrogen-bond donors (Lipinski definition) is 1. The predicted molar refractivity (Wildman–Crippen MR) is 47.9 cm³/mol. The molecule has 1 aromatic heterocycles. The Morgan fingerprint density at radius 2 is 1.70 bits per heavy atom. The third-order valence-corrected chi connectivity index (χ3v) is 2.65. The van der Waals surface area contributed by atoms with E-state index in [9.17, 15) is 35.5 Å². The summed E-state index contributed by atoms with van der Waals surface area (Å²) >= 11 is -0.413. The number of carboxylic acid groups (broad SMARTS) is 1. The van der Waals surface area contributed by atoms with Crippen LogP contribution < -0.4 is 4.74 Å². The van der Waals surface area contributed by atoms with E-state index in [0.29, 0.717) is 0 Å². The summed E-state index contributed by atoms with van der Waals surface area (Å²) in [5.74, 6) is -13.5. The van der Waals surface area contributed by atoms with Gasteiger partial charge in [-0.1, -0.05) is 16.4 Å². The maximum atomic E-state index is 13.1. The fourth-order valence-corrected chi connectivity index (χ4v) is 1.53. The van der Waals surface area contributed by atoms with Crippen molar-refractivity contribution in [1.82, 2.24) is 10.2 Å². The molecule has 1 N–H and O–H groups in total. The summed E-state index contributed by atoms with van der Waals surface area (Å²) in [6.07, 6.45) is -6.50. The van der Waals surface area contributed by atoms with E-state index in [2.05, 4.69) is 14.9 Å². The molecule has 5 nitrogen and oxygen atoms in total. The zero-order valence-corrected chi connectivity index (χ0v) is 9.74. The van der Waals surface area contributed by atoms with Crippen LogP contribution in [-0.4, -0.2) is 40.0 Å². The minimum atomic E-state index is -6.50. The molecule has 0 bridgehead atoms. The highest BCUT2D eigenvalue weighted by Crippen LogP contribution is 2.52. The van der Waals surface area contributed by atoms with Crippen molar-refractivity contribution in [2.24, 2.45) is 0 Å². The van der Waals surface area contributed by atoms with Crippen LogP contribution in [-0.2, 0) is 10.7 Å². The van der Waals surface area contributed by atoms with Gasteiger partial charge in [0.05, 0.1) is 0 Å². The van der Waals surface area contributed by atoms with E-state index < -0.39 is 52.1 Å². The van der Waals surface area contributed by atoms with Crippen molar-refractivity contribution in [3.8, 4) is 5.19 Å². The Bertz CT molecular complexity index is 501. The summed E-state index contributed by atoms with van der Waals surface area (Å²) in [5, 5.41) is 10.6. The number of aromatic nitrogens is 2. The first-order chi connectivity index (χ1) is 8.89. The van der Waals surface area contributed by atoms with Gasteiger partial charge >= 0.3 is 24.0 Å². The van der Waals surface area contributed by atoms with Gasteiger partial charge in [-0.15, -0.1) is 5.10 Å². The lowest BCUT2D eigenvalue weighted by molar-refractivity contribution is -0.359. The fourth-order valence-electron chi connectivity index (χ4n) is 0.831. The summed E-state index contributed by atoms with van der Waals surface area (Å²) in [6, 6.07) is 0. The van der Waals surface area contributed by atoms with E-state index in [0.717, 1.165) is 0 Å². The van der Waals surface area contributed by atoms with Crippen molar-refractivity contribution >= 4 is 17.3 Å². The number of alkyl halides is 7. The van der Waals surface area contributed by atoms with Crippen LogP contribution in [0.2, 0.25) is 0 Å². The molecule has 0 aliphatic carbocycles. The Hall–Kier alpha value is -1.66. The molecule has 0 saturated heterocycles. The molecule has 0 unspecified atom stereocenters. The Kier molecular flexibility index (Phi) is 4.12. The van der Waals surface area contributed by atoms with Crippen molar-refractivity contribution in [3.63, 3.8) is 0 Å². The number of hydrogen-bond acceptors (Lipinski definition) is 5. The standard InChI is InChI=1S/C7H3F7N2O3S/c8-5(9,6(10,11)7(12,13)14)3-15-16-4(20-3)19-1-2(17)18/h1H2,(H,17,18). The third kappa shape index (κ3) is 2.91. The Labute approximate surface area is 109 Å². The SMILES string of the molecule is O=C(O)COc1nnc(C(F)(F)C(F)(F)C(F)(F)F)s1. The minimum Gasteiger partial charge on any atom is -0.479 e. The first-order valence-electron chi connectivity index (χ1n) is 4.40. The molecular weight excluding hydrogens is 325 g/mol. The number of aliphatic carboxylic acids is 1. The quantitative estimate of drug-likeness (QED) is 0.840. The van der Waals surface area contributed by atoms with Crippen LogP contribution in [0, 0.1) is 0 Å². The molecule has 0 amide bonds. The lowest BCUT2D eigenvalue weighted by Gasteiger charge is -2.25. The molecule has 0 atom stereocenters. The molecule has 0 radical (unpaired) electrons. The molecule has 20 heavy (non-hydrogen) atoms. The van der Waals surface area contributed by atoms with Crippen LogP contribution in [0.3, 0.4) is 0 Å². The van der Waals surface area contributed by atoms with Crippen molar-refractivity contribution in [3.05, 3.63) is 5.01 Å². The second-order valence-electron chi connectivity index (χ2n) is 3.20. The lowest BCUT2D eigenvalue weighted by atomic mass is 10.2. The van der Waals surface area contributed by atoms with Crippen molar-refractivity contribution < 1.29 is 45.4 Å². The number of carbonyl (C=O) groups is 1. The first-order valence-corrected chi connectivity index (χ1v) is 5.22. The molecule has 0 aliphatic rings. The minimum absolute atomic E-state index is 0.413. The molecule has 0 aliphatic heterocycles. The molecule has 0 saturated carbocycles. The van der Waals surface area contributed by atoms with E-state index in [1.165, 1.54) is 0 Å². The maximum Gasteiger partial charge on any atom is 0.460 e. The average molecular weight is 328 g/mol. The Morgan fingerprint density at radius 3 is 2.15 bits per heavy atom. The highest BCUT2D eigenvalue weighted by Gasteiger charge is 2.75. The molecule has 1 aromatic rings. The number of carboxylic acids is 1. The van der Waals surface area contributed by atoms with Gasteiger partial charge in [0.2, 0.25) is 0 Å². The van der Waals surface area contributed by atoms with Crippen LogP contribution >= 0.6 is 11.3 Å². The molecule has 0 aromatic carbocycles. The second kappa shape index (κ2) is 5.03. The van der Waals surface area contributed by atoms with Crippen molar-refractivity contribution in [1.29, 1.82) is 0 Å². The molecule has 114 valence electrons. The summed E-state index contributed by atoms with van der Waals surface area (Å²) in [7, 11) is 0. The zero-order chi connectivity index (χ0) is 15.8. The second-order valence-corrected chi connectivity index (χ2v) is 4.14. The zero-order valence-electron chi connectivity index (χ0n) is 8.92. The van der Waals surface area contributed by atoms with Crippen LogP contribution in [0.5, 0.6) is 5.19 Å². The van der Waals surface area contributed by atoms with Gasteiger partial charge in [-0.25, -0.2) is 4.79 Å². The summed E-state index contributed by atoms with van der Waals surface area (Å²) in [5.41, 5.74) is 0. The highest BCUT2D eigenvalue weighted by molar-refractivity contribution is 7.13. The molecular formula is C7H3F7N2O3S. The number of nitrogens with zero attached hydrogens (tertiary/aromatic N) is 2. The van der Waals surface area contributed by atoms with Gasteiger partial charge in [-0.2, -0.15) is 30.7 Å². The maximum absolute atomic E-state index is 13.1. The smallest absolute Gasteiger partial charge is 0.460 e. The summed E-state index contributed by atoms with van der Waals surface area (Å²) in [6.45, 7) is -1.05. The highest BCUT2D eigenvalue weighted by atomic mass is 32.1. The van der Waals surface area contributed by atoms with E-state index in [4.69, 9.17) is 5.11 Å². The van der Waals surface area contributed by atoms with Gasteiger partial charge in [0.15, 0.2) is 11.6 Å². The summed E-state index contributed by atoms with van der Waals surface area (Å²) < 4.78 is 91.4. The number of halogens is 7. The fraction of sp³-hybridized carbons (Fsp3) is 0.571. The molecule has 1 rings (SSSR count). The topological polar surface area (TPSA) is 72.3 Å². The van der Waals surface area contributed by atoms with Gasteiger partial charge < -0.3 is 9.84 Å². The van der Waals surface area contributed by atoms with Gasteiger partial charge in [0, 0.05) is 0 Å². The summed E-state index contributed by atoms with van der Waals surface area (Å²) in [4.78, 5) is 10.1. The molecule has 13 heteroatoms. The van der Waals surface area contributed by atoms with Crippen LogP contribution in [0.4, 0.5) is 30.7 Å². The number of ether oxygens (including phenoxy) is 1. The number of rotatable bonds is 5. The van der Waals surface area contributed by atoms with Gasteiger partial charge in [0.25, 0.3) is 5.19 Å². The van der Waals surface area contributed by atoms with Gasteiger partial charge in [-0.05, 0) is 0 Å². The van der Waals surface area contributed by atoms with Gasteiger partial charge in [0.1, 0.15) is 0 Å². The van der Waals surface area contributed by atoms with E-state index in [-0.39, 0.29) is 0 Å². The van der Waals surface area contributed by atoms with Crippen LogP contribution in [0.25, 0.3) is 0 Å². The predicted octanol–water partition coefficient (Wildman–Crippen LogP) is 2.29. The third-order valence-electron chi connectivity index (χ3n) is 1.74. The van der Waals surface area contributed by atoms with Crippen LogP contribution in [0.15, 0.2) is 0 Å². The molecule has 0 fully saturated rings. The Balaban J connectivity index is 3.02. The van der Waals surface area contributed by atoms with E-state index >= 15 is 0 Å². The van der Waals surface area contributed by atoms with Crippen molar-refractivity contribution in [2.75, 3.05) is 6.61 Å².